The summed E-state index contributed by atoms with van der Waals surface area (Å²) < 4.78 is 2.02. The number of hydrogen-bond donors (Lipinski definition) is 1. The molecule has 1 amide bonds. The highest BCUT2D eigenvalue weighted by molar-refractivity contribution is 6.30. The zero-order valence-corrected chi connectivity index (χ0v) is 22.2. The van der Waals surface area contributed by atoms with Crippen LogP contribution in [0.1, 0.15) is 63.4 Å². The van der Waals surface area contributed by atoms with Gasteiger partial charge < -0.3 is 10.6 Å². The molecule has 1 aromatic heterocycles. The molecular weight excluding hydrogens is 472 g/mol. The second kappa shape index (κ2) is 11.6. The Bertz CT molecular complexity index is 958. The van der Waals surface area contributed by atoms with Crippen LogP contribution >= 0.6 is 11.6 Å². The highest BCUT2D eigenvalue weighted by Gasteiger charge is 2.44. The van der Waals surface area contributed by atoms with Crippen LogP contribution in [0, 0.1) is 11.3 Å². The number of amides is 1. The molecule has 36 heavy (non-hydrogen) atoms. The minimum atomic E-state index is -0.142. The van der Waals surface area contributed by atoms with Crippen molar-refractivity contribution in [1.82, 2.24) is 24.6 Å². The predicted octanol–water partition coefficient (Wildman–Crippen LogP) is 4.16. The fourth-order valence-corrected chi connectivity index (χ4v) is 7.00. The molecule has 8 heteroatoms. The standard InChI is InChI=1S/C28H41ClN6O/c29-24-8-6-22(7-9-24)18-26(33-14-10-25(30)11-15-33)27(36)34-16-12-28(13-17-34,19-35-21-31-20-32-35)23-4-2-1-3-5-23/h6-9,20-21,23,25-26H,1-5,10-19,30H2/t26-/m1/s1. The molecule has 3 aliphatic rings. The predicted molar refractivity (Wildman–Crippen MR) is 143 cm³/mol. The smallest absolute Gasteiger partial charge is 0.240 e. The maximum absolute atomic E-state index is 14.1. The molecule has 0 unspecified atom stereocenters. The van der Waals surface area contributed by atoms with Gasteiger partial charge in [-0.25, -0.2) is 4.98 Å². The maximum Gasteiger partial charge on any atom is 0.240 e. The average molecular weight is 513 g/mol. The van der Waals surface area contributed by atoms with Gasteiger partial charge in [0.2, 0.25) is 5.91 Å². The zero-order chi connectivity index (χ0) is 25.0. The van der Waals surface area contributed by atoms with Crippen molar-refractivity contribution in [2.75, 3.05) is 26.2 Å². The number of nitrogens with zero attached hydrogens (tertiary/aromatic N) is 5. The molecule has 0 radical (unpaired) electrons. The lowest BCUT2D eigenvalue weighted by atomic mass is 9.63. The van der Waals surface area contributed by atoms with Crippen LogP contribution in [0.5, 0.6) is 0 Å². The number of likely N-dealkylation sites (tertiary alicyclic amines) is 2. The quantitative estimate of drug-likeness (QED) is 0.602. The molecule has 0 spiro atoms. The van der Waals surface area contributed by atoms with Crippen molar-refractivity contribution in [3.63, 3.8) is 0 Å². The van der Waals surface area contributed by atoms with E-state index in [4.69, 9.17) is 17.3 Å². The van der Waals surface area contributed by atoms with E-state index in [1.165, 1.54) is 32.1 Å². The number of carbonyl (C=O) groups is 1. The molecule has 2 N–H and O–H groups in total. The summed E-state index contributed by atoms with van der Waals surface area (Å²) in [6.45, 7) is 4.34. The van der Waals surface area contributed by atoms with Gasteiger partial charge in [0.05, 0.1) is 6.04 Å². The number of aromatic nitrogens is 3. The summed E-state index contributed by atoms with van der Waals surface area (Å²) >= 11 is 6.13. The Morgan fingerprint density at radius 2 is 1.72 bits per heavy atom. The van der Waals surface area contributed by atoms with Crippen molar-refractivity contribution in [2.24, 2.45) is 17.1 Å². The van der Waals surface area contributed by atoms with Gasteiger partial charge in [0, 0.05) is 43.8 Å². The van der Waals surface area contributed by atoms with E-state index in [9.17, 15) is 4.79 Å². The van der Waals surface area contributed by atoms with Crippen molar-refractivity contribution in [1.29, 1.82) is 0 Å². The van der Waals surface area contributed by atoms with E-state index in [0.717, 1.165) is 69.0 Å². The zero-order valence-electron chi connectivity index (χ0n) is 21.4. The third-order valence-corrected chi connectivity index (χ3v) is 9.38. The van der Waals surface area contributed by atoms with Gasteiger partial charge in [-0.1, -0.05) is 43.0 Å². The number of carbonyl (C=O) groups excluding carboxylic acids is 1. The Balaban J connectivity index is 1.31. The molecule has 0 bridgehead atoms. The number of hydrogen-bond acceptors (Lipinski definition) is 5. The molecule has 5 rings (SSSR count). The summed E-state index contributed by atoms with van der Waals surface area (Å²) in [4.78, 5) is 22.8. The molecule has 2 aromatic rings. The van der Waals surface area contributed by atoms with Crippen LogP contribution in [-0.2, 0) is 17.8 Å². The van der Waals surface area contributed by atoms with E-state index >= 15 is 0 Å². The highest BCUT2D eigenvalue weighted by atomic mass is 35.5. The average Bonchev–Trinajstić information content (AvgIpc) is 3.42. The Kier molecular flexibility index (Phi) is 8.28. The fourth-order valence-electron chi connectivity index (χ4n) is 6.88. The van der Waals surface area contributed by atoms with Gasteiger partial charge in [0.25, 0.3) is 0 Å². The SMILES string of the molecule is NC1CCN([C@H](Cc2ccc(Cl)cc2)C(=O)N2CCC(Cn3cncn3)(C3CCCCC3)CC2)CC1. The first-order valence-corrected chi connectivity index (χ1v) is 14.3. The monoisotopic (exact) mass is 512 g/mol. The summed E-state index contributed by atoms with van der Waals surface area (Å²) in [7, 11) is 0. The van der Waals surface area contributed by atoms with Crippen molar-refractivity contribution in [2.45, 2.75) is 82.8 Å². The number of rotatable bonds is 7. The first kappa shape index (κ1) is 25.7. The topological polar surface area (TPSA) is 80.3 Å². The molecule has 3 heterocycles. The lowest BCUT2D eigenvalue weighted by Gasteiger charge is -2.49. The van der Waals surface area contributed by atoms with Crippen LogP contribution in [-0.4, -0.2) is 68.7 Å². The molecule has 2 saturated heterocycles. The summed E-state index contributed by atoms with van der Waals surface area (Å²) in [5.74, 6) is 0.986. The molecule has 1 saturated carbocycles. The second-order valence-corrected chi connectivity index (χ2v) is 11.8. The number of nitrogens with two attached hydrogens (primary N) is 1. The number of benzene rings is 1. The highest BCUT2D eigenvalue weighted by Crippen LogP contribution is 2.47. The molecule has 1 aliphatic carbocycles. The lowest BCUT2D eigenvalue weighted by Crippen LogP contribution is -2.56. The third kappa shape index (κ3) is 5.95. The van der Waals surface area contributed by atoms with E-state index in [0.29, 0.717) is 12.3 Å². The summed E-state index contributed by atoms with van der Waals surface area (Å²) in [5, 5.41) is 5.18. The summed E-state index contributed by atoms with van der Waals surface area (Å²) in [5.41, 5.74) is 7.56. The fraction of sp³-hybridized carbons (Fsp3) is 0.679. The van der Waals surface area contributed by atoms with Gasteiger partial charge in [0.1, 0.15) is 12.7 Å². The number of piperidine rings is 2. The Labute approximate surface area is 220 Å². The van der Waals surface area contributed by atoms with Crippen LogP contribution in [0.3, 0.4) is 0 Å². The van der Waals surface area contributed by atoms with Crippen LogP contribution in [0.4, 0.5) is 0 Å². The van der Waals surface area contributed by atoms with E-state index in [-0.39, 0.29) is 23.4 Å². The summed E-state index contributed by atoms with van der Waals surface area (Å²) in [6.07, 6.45) is 14.8. The van der Waals surface area contributed by atoms with Crippen LogP contribution in [0.15, 0.2) is 36.9 Å². The van der Waals surface area contributed by atoms with Crippen LogP contribution in [0.25, 0.3) is 0 Å². The Morgan fingerprint density at radius 1 is 1.03 bits per heavy atom. The summed E-state index contributed by atoms with van der Waals surface area (Å²) in [6, 6.07) is 8.07. The molecule has 7 nitrogen and oxygen atoms in total. The van der Waals surface area contributed by atoms with Crippen molar-refractivity contribution < 1.29 is 4.79 Å². The van der Waals surface area contributed by atoms with Gasteiger partial charge >= 0.3 is 0 Å². The lowest BCUT2D eigenvalue weighted by molar-refractivity contribution is -0.141. The van der Waals surface area contributed by atoms with Crippen molar-refractivity contribution >= 4 is 17.5 Å². The first-order valence-electron chi connectivity index (χ1n) is 13.9. The van der Waals surface area contributed by atoms with E-state index in [2.05, 4.69) is 32.0 Å². The molecule has 2 aliphatic heterocycles. The molecule has 1 aromatic carbocycles. The van der Waals surface area contributed by atoms with Crippen molar-refractivity contribution in [3.8, 4) is 0 Å². The van der Waals surface area contributed by atoms with Crippen LogP contribution in [0.2, 0.25) is 5.02 Å². The second-order valence-electron chi connectivity index (χ2n) is 11.3. The van der Waals surface area contributed by atoms with Crippen molar-refractivity contribution in [3.05, 3.63) is 47.5 Å². The molecular formula is C28H41ClN6O. The van der Waals surface area contributed by atoms with E-state index in [1.54, 1.807) is 6.33 Å². The van der Waals surface area contributed by atoms with E-state index in [1.807, 2.05) is 23.1 Å². The third-order valence-electron chi connectivity index (χ3n) is 9.13. The van der Waals surface area contributed by atoms with Crippen LogP contribution < -0.4 is 5.73 Å². The first-order chi connectivity index (χ1) is 17.5. The Morgan fingerprint density at radius 3 is 2.36 bits per heavy atom. The molecule has 3 fully saturated rings. The minimum absolute atomic E-state index is 0.142. The van der Waals surface area contributed by atoms with Gasteiger partial charge in [-0.05, 0) is 74.0 Å². The Hall–Kier alpha value is -1.96. The number of halogens is 1. The van der Waals surface area contributed by atoms with Gasteiger partial charge in [-0.2, -0.15) is 5.10 Å². The maximum atomic E-state index is 14.1. The molecule has 1 atom stereocenters. The minimum Gasteiger partial charge on any atom is -0.341 e. The van der Waals surface area contributed by atoms with E-state index < -0.39 is 0 Å². The van der Waals surface area contributed by atoms with Gasteiger partial charge in [-0.15, -0.1) is 0 Å². The largest absolute Gasteiger partial charge is 0.341 e. The normalized spacial score (nSPS) is 23.0. The van der Waals surface area contributed by atoms with Gasteiger partial charge in [0.15, 0.2) is 0 Å². The van der Waals surface area contributed by atoms with Gasteiger partial charge in [-0.3, -0.25) is 14.4 Å². The molecule has 196 valence electrons.